The highest BCUT2D eigenvalue weighted by Crippen LogP contribution is 2.32. The minimum Gasteiger partial charge on any atom is -0.495 e. The van der Waals surface area contributed by atoms with Crippen LogP contribution in [-0.4, -0.2) is 12.1 Å². The molecule has 6 nitrogen and oxygen atoms in total. The highest BCUT2D eigenvalue weighted by Gasteiger charge is 2.11. The number of halogens is 1. The number of aromatic amines is 1. The fourth-order valence-electron chi connectivity index (χ4n) is 3.34. The fourth-order valence-corrected chi connectivity index (χ4v) is 3.61. The van der Waals surface area contributed by atoms with Crippen molar-refractivity contribution < 1.29 is 9.47 Å². The van der Waals surface area contributed by atoms with E-state index in [0.29, 0.717) is 46.3 Å². The van der Waals surface area contributed by atoms with Crippen molar-refractivity contribution in [1.82, 2.24) is 4.98 Å². The van der Waals surface area contributed by atoms with Crippen molar-refractivity contribution in [3.8, 4) is 17.6 Å². The summed E-state index contributed by atoms with van der Waals surface area (Å²) >= 11 is 6.52. The maximum absolute atomic E-state index is 12.7. The molecule has 2 N–H and O–H groups in total. The van der Waals surface area contributed by atoms with Crippen molar-refractivity contribution in [2.75, 3.05) is 12.4 Å². The first-order valence-electron chi connectivity index (χ1n) is 9.92. The number of anilines is 1. The Kier molecular flexibility index (Phi) is 6.29. The number of aromatic nitrogens is 1. The molecule has 0 aliphatic rings. The molecule has 0 fully saturated rings. The van der Waals surface area contributed by atoms with Crippen LogP contribution in [0.25, 0.3) is 10.9 Å². The van der Waals surface area contributed by atoms with E-state index in [4.69, 9.17) is 26.3 Å². The standard InChI is InChI=1S/C25H20ClN3O3/c1-31-22-12-20(9-7-18(22)13-27)28-14-19-11-17-8-10-21(23(26)24(17)29-25(19)30)32-15-16-5-3-2-4-6-16/h2-12,28H,14-15H2,1H3,(H,29,30). The number of nitriles is 1. The summed E-state index contributed by atoms with van der Waals surface area (Å²) in [5.74, 6) is 0.981. The third-order valence-electron chi connectivity index (χ3n) is 5.04. The predicted octanol–water partition coefficient (Wildman–Crippen LogP) is 5.25. The van der Waals surface area contributed by atoms with E-state index in [9.17, 15) is 4.79 Å². The van der Waals surface area contributed by atoms with Crippen LogP contribution >= 0.6 is 11.6 Å². The molecule has 32 heavy (non-hydrogen) atoms. The molecule has 0 atom stereocenters. The maximum Gasteiger partial charge on any atom is 0.253 e. The van der Waals surface area contributed by atoms with Gasteiger partial charge in [-0.05, 0) is 35.9 Å². The predicted molar refractivity (Wildman–Crippen MR) is 125 cm³/mol. The van der Waals surface area contributed by atoms with Gasteiger partial charge in [-0.15, -0.1) is 0 Å². The maximum atomic E-state index is 12.7. The van der Waals surface area contributed by atoms with E-state index in [1.165, 1.54) is 7.11 Å². The second-order valence-electron chi connectivity index (χ2n) is 7.12. The van der Waals surface area contributed by atoms with Gasteiger partial charge in [-0.2, -0.15) is 5.26 Å². The van der Waals surface area contributed by atoms with Gasteiger partial charge in [0.2, 0.25) is 0 Å². The molecule has 4 rings (SSSR count). The highest BCUT2D eigenvalue weighted by molar-refractivity contribution is 6.36. The Hall–Kier alpha value is -3.95. The van der Waals surface area contributed by atoms with Crippen molar-refractivity contribution in [2.45, 2.75) is 13.2 Å². The number of benzene rings is 3. The van der Waals surface area contributed by atoms with Crippen molar-refractivity contribution in [3.63, 3.8) is 0 Å². The summed E-state index contributed by atoms with van der Waals surface area (Å²) in [6, 6.07) is 22.5. The van der Waals surface area contributed by atoms with E-state index >= 15 is 0 Å². The van der Waals surface area contributed by atoms with Gasteiger partial charge >= 0.3 is 0 Å². The molecule has 3 aromatic carbocycles. The first-order chi connectivity index (χ1) is 15.6. The molecule has 0 unspecified atom stereocenters. The van der Waals surface area contributed by atoms with Gasteiger partial charge in [0.1, 0.15) is 29.2 Å². The van der Waals surface area contributed by atoms with Crippen LogP contribution in [0.4, 0.5) is 5.69 Å². The molecule has 4 aromatic rings. The number of nitrogens with zero attached hydrogens (tertiary/aromatic N) is 1. The Bertz CT molecular complexity index is 1360. The minimum atomic E-state index is -0.243. The minimum absolute atomic E-state index is 0.243. The molecule has 0 aliphatic heterocycles. The molecule has 0 bridgehead atoms. The number of methoxy groups -OCH3 is 1. The monoisotopic (exact) mass is 445 g/mol. The SMILES string of the molecule is COc1cc(NCc2cc3ccc(OCc4ccccc4)c(Cl)c3[nH]c2=O)ccc1C#N. The second kappa shape index (κ2) is 9.46. The molecule has 160 valence electrons. The zero-order chi connectivity index (χ0) is 22.5. The molecule has 7 heteroatoms. The highest BCUT2D eigenvalue weighted by atomic mass is 35.5. The number of ether oxygens (including phenoxy) is 2. The van der Waals surface area contributed by atoms with E-state index in [0.717, 1.165) is 16.6 Å². The lowest BCUT2D eigenvalue weighted by Gasteiger charge is -2.12. The van der Waals surface area contributed by atoms with Crippen LogP contribution in [0.3, 0.4) is 0 Å². The van der Waals surface area contributed by atoms with Crippen LogP contribution in [0.1, 0.15) is 16.7 Å². The number of rotatable bonds is 7. The molecule has 0 spiro atoms. The number of pyridine rings is 1. The Morgan fingerprint density at radius 1 is 1.06 bits per heavy atom. The summed E-state index contributed by atoms with van der Waals surface area (Å²) in [7, 11) is 1.51. The lowest BCUT2D eigenvalue weighted by atomic mass is 10.1. The lowest BCUT2D eigenvalue weighted by molar-refractivity contribution is 0.307. The third-order valence-corrected chi connectivity index (χ3v) is 5.42. The molecule has 0 saturated heterocycles. The van der Waals surface area contributed by atoms with Gasteiger partial charge in [0.15, 0.2) is 0 Å². The zero-order valence-electron chi connectivity index (χ0n) is 17.3. The average Bonchev–Trinajstić information content (AvgIpc) is 2.83. The summed E-state index contributed by atoms with van der Waals surface area (Å²) < 4.78 is 11.1. The Morgan fingerprint density at radius 3 is 2.62 bits per heavy atom. The Balaban J connectivity index is 1.54. The Labute approximate surface area is 190 Å². The topological polar surface area (TPSA) is 87.1 Å². The summed E-state index contributed by atoms with van der Waals surface area (Å²) in [5.41, 5.74) is 3.05. The fraction of sp³-hybridized carbons (Fsp3) is 0.120. The molecule has 1 aromatic heterocycles. The van der Waals surface area contributed by atoms with E-state index in [1.807, 2.05) is 36.4 Å². The molecular weight excluding hydrogens is 426 g/mol. The first-order valence-corrected chi connectivity index (χ1v) is 10.3. The van der Waals surface area contributed by atoms with Gasteiger partial charge in [-0.25, -0.2) is 0 Å². The third kappa shape index (κ3) is 4.53. The van der Waals surface area contributed by atoms with E-state index in [-0.39, 0.29) is 5.56 Å². The number of nitrogens with one attached hydrogen (secondary N) is 2. The largest absolute Gasteiger partial charge is 0.495 e. The molecule has 0 saturated carbocycles. The van der Waals surface area contributed by atoms with Crippen molar-refractivity contribution >= 4 is 28.2 Å². The van der Waals surface area contributed by atoms with Crippen LogP contribution in [-0.2, 0) is 13.2 Å². The molecule has 1 heterocycles. The first kappa shape index (κ1) is 21.3. The van der Waals surface area contributed by atoms with E-state index in [2.05, 4.69) is 16.4 Å². The lowest BCUT2D eigenvalue weighted by Crippen LogP contribution is -2.16. The quantitative estimate of drug-likeness (QED) is 0.405. The van der Waals surface area contributed by atoms with Gasteiger partial charge in [-0.1, -0.05) is 41.9 Å². The van der Waals surface area contributed by atoms with E-state index in [1.54, 1.807) is 30.3 Å². The van der Waals surface area contributed by atoms with Crippen molar-refractivity contribution in [3.05, 3.63) is 98.8 Å². The molecular formula is C25H20ClN3O3. The van der Waals surface area contributed by atoms with Gasteiger partial charge in [0.25, 0.3) is 5.56 Å². The van der Waals surface area contributed by atoms with Crippen molar-refractivity contribution in [1.29, 1.82) is 5.26 Å². The number of fused-ring (bicyclic) bond motifs is 1. The van der Waals surface area contributed by atoms with E-state index < -0.39 is 0 Å². The second-order valence-corrected chi connectivity index (χ2v) is 7.50. The van der Waals surface area contributed by atoms with Gasteiger partial charge in [0, 0.05) is 29.2 Å². The zero-order valence-corrected chi connectivity index (χ0v) is 18.1. The average molecular weight is 446 g/mol. The van der Waals surface area contributed by atoms with Gasteiger partial charge in [-0.3, -0.25) is 4.79 Å². The van der Waals surface area contributed by atoms with Gasteiger partial charge < -0.3 is 19.8 Å². The van der Waals surface area contributed by atoms with Crippen LogP contribution in [0, 0.1) is 11.3 Å². The number of hydrogen-bond acceptors (Lipinski definition) is 5. The number of H-pyrrole nitrogens is 1. The summed E-state index contributed by atoms with van der Waals surface area (Å²) in [6.07, 6.45) is 0. The normalized spacial score (nSPS) is 10.5. The molecule has 0 aliphatic carbocycles. The molecule has 0 amide bonds. The summed E-state index contributed by atoms with van der Waals surface area (Å²) in [6.45, 7) is 0.677. The number of hydrogen-bond donors (Lipinski definition) is 2. The van der Waals surface area contributed by atoms with Crippen LogP contribution in [0.2, 0.25) is 5.02 Å². The molecule has 0 radical (unpaired) electrons. The Morgan fingerprint density at radius 2 is 1.88 bits per heavy atom. The van der Waals surface area contributed by atoms with Gasteiger partial charge in [0.05, 0.1) is 18.2 Å². The van der Waals surface area contributed by atoms with Crippen LogP contribution in [0.15, 0.2) is 71.5 Å². The van der Waals surface area contributed by atoms with Crippen molar-refractivity contribution in [2.24, 2.45) is 0 Å². The van der Waals surface area contributed by atoms with Crippen LogP contribution in [0.5, 0.6) is 11.5 Å². The van der Waals surface area contributed by atoms with Crippen LogP contribution < -0.4 is 20.3 Å². The smallest absolute Gasteiger partial charge is 0.253 e. The summed E-state index contributed by atoms with van der Waals surface area (Å²) in [5, 5.41) is 13.5. The summed E-state index contributed by atoms with van der Waals surface area (Å²) in [4.78, 5) is 15.5.